The van der Waals surface area contributed by atoms with E-state index in [1.54, 1.807) is 45.0 Å². The molecule has 2 amide bonds. The number of nitrogens with zero attached hydrogens (tertiary/aromatic N) is 1. The van der Waals surface area contributed by atoms with Gasteiger partial charge in [-0.1, -0.05) is 29.8 Å². The van der Waals surface area contributed by atoms with Crippen LogP contribution < -0.4 is 5.73 Å². The van der Waals surface area contributed by atoms with E-state index in [-0.39, 0.29) is 19.6 Å². The van der Waals surface area contributed by atoms with Gasteiger partial charge in [0.1, 0.15) is 18.2 Å². The first-order chi connectivity index (χ1) is 12.6. The predicted molar refractivity (Wildman–Crippen MR) is 99.4 cm³/mol. The molecule has 1 atom stereocenters. The van der Waals surface area contributed by atoms with E-state index in [2.05, 4.69) is 0 Å². The Balaban J connectivity index is 3.03. The molecule has 1 aromatic rings. The molecule has 0 aromatic heterocycles. The molecule has 0 aliphatic rings. The van der Waals surface area contributed by atoms with Gasteiger partial charge in [-0.3, -0.25) is 0 Å². The second-order valence-electron chi connectivity index (χ2n) is 6.78. The van der Waals surface area contributed by atoms with Crippen LogP contribution in [0.4, 0.5) is 9.59 Å². The first-order valence-electron chi connectivity index (χ1n) is 8.42. The Morgan fingerprint density at radius 1 is 1.22 bits per heavy atom. The van der Waals surface area contributed by atoms with Crippen molar-refractivity contribution in [1.82, 2.24) is 4.90 Å². The third-order valence-corrected chi connectivity index (χ3v) is 3.74. The maximum atomic E-state index is 12.5. The Bertz CT molecular complexity index is 674. The zero-order chi connectivity index (χ0) is 20.6. The van der Waals surface area contributed by atoms with Gasteiger partial charge in [-0.25, -0.2) is 14.4 Å². The Morgan fingerprint density at radius 2 is 1.85 bits per heavy atom. The molecule has 0 saturated carbocycles. The normalized spacial score (nSPS) is 12.2. The summed E-state index contributed by atoms with van der Waals surface area (Å²) < 4.78 is 10.3. The highest BCUT2D eigenvalue weighted by molar-refractivity contribution is 6.31. The molecule has 3 N–H and O–H groups in total. The Labute approximate surface area is 163 Å². The van der Waals surface area contributed by atoms with Gasteiger partial charge < -0.3 is 20.3 Å². The van der Waals surface area contributed by atoms with Gasteiger partial charge in [0.15, 0.2) is 0 Å². The van der Waals surface area contributed by atoms with Crippen LogP contribution in [0, 0.1) is 0 Å². The molecule has 150 valence electrons. The highest BCUT2D eigenvalue weighted by atomic mass is 35.5. The van der Waals surface area contributed by atoms with Gasteiger partial charge in [-0.05, 0) is 46.2 Å². The van der Waals surface area contributed by atoms with E-state index in [9.17, 15) is 19.5 Å². The van der Waals surface area contributed by atoms with Crippen molar-refractivity contribution in [2.75, 3.05) is 6.54 Å². The number of amides is 2. The van der Waals surface area contributed by atoms with Gasteiger partial charge in [-0.2, -0.15) is 4.90 Å². The van der Waals surface area contributed by atoms with E-state index < -0.39 is 29.8 Å². The molecule has 8 nitrogen and oxygen atoms in total. The second kappa shape index (κ2) is 10.1. The number of nitrogens with two attached hydrogens (primary N) is 1. The lowest BCUT2D eigenvalue weighted by molar-refractivity contribution is -0.143. The molecule has 0 unspecified atom stereocenters. The van der Waals surface area contributed by atoms with Crippen molar-refractivity contribution < 1.29 is 29.0 Å². The number of benzene rings is 1. The first kappa shape index (κ1) is 22.7. The molecule has 1 rings (SSSR count). The third-order valence-electron chi connectivity index (χ3n) is 3.37. The minimum atomic E-state index is -1.46. The number of carbonyl (C=O) groups is 3. The van der Waals surface area contributed by atoms with E-state index in [1.807, 2.05) is 0 Å². The van der Waals surface area contributed by atoms with E-state index >= 15 is 0 Å². The number of hydrogen-bond donors (Lipinski definition) is 2. The minimum Gasteiger partial charge on any atom is -0.480 e. The quantitative estimate of drug-likeness (QED) is 0.719. The van der Waals surface area contributed by atoms with E-state index in [0.29, 0.717) is 21.9 Å². The fourth-order valence-electron chi connectivity index (χ4n) is 2.14. The molecular formula is C18H25ClN2O6. The molecular weight excluding hydrogens is 376 g/mol. The molecule has 0 bridgehead atoms. The van der Waals surface area contributed by atoms with Crippen LogP contribution in [0.1, 0.15) is 39.2 Å². The van der Waals surface area contributed by atoms with Crippen molar-refractivity contribution in [2.24, 2.45) is 5.73 Å². The fraction of sp³-hybridized carbons (Fsp3) is 0.500. The van der Waals surface area contributed by atoms with Gasteiger partial charge >= 0.3 is 18.2 Å². The van der Waals surface area contributed by atoms with E-state index in [0.717, 1.165) is 0 Å². The van der Waals surface area contributed by atoms with Crippen molar-refractivity contribution in [1.29, 1.82) is 0 Å². The summed E-state index contributed by atoms with van der Waals surface area (Å²) in [6.07, 6.45) is -1.95. The van der Waals surface area contributed by atoms with Crippen LogP contribution in [0.5, 0.6) is 0 Å². The smallest absolute Gasteiger partial charge is 0.420 e. The summed E-state index contributed by atoms with van der Waals surface area (Å²) in [5.74, 6) is -1.36. The summed E-state index contributed by atoms with van der Waals surface area (Å²) in [6.45, 7) is 4.80. The molecule has 9 heteroatoms. The molecule has 0 saturated heterocycles. The van der Waals surface area contributed by atoms with Crippen LogP contribution in [-0.2, 0) is 20.9 Å². The van der Waals surface area contributed by atoms with Gasteiger partial charge in [0.2, 0.25) is 0 Å². The summed E-state index contributed by atoms with van der Waals surface area (Å²) in [7, 11) is 0. The number of carboxylic acid groups (broad SMARTS) is 1. The van der Waals surface area contributed by atoms with Gasteiger partial charge in [-0.15, -0.1) is 0 Å². The topological polar surface area (TPSA) is 119 Å². The Morgan fingerprint density at radius 3 is 2.37 bits per heavy atom. The molecule has 27 heavy (non-hydrogen) atoms. The maximum Gasteiger partial charge on any atom is 0.420 e. The molecule has 0 fully saturated rings. The summed E-state index contributed by atoms with van der Waals surface area (Å²) in [5.41, 5.74) is 5.02. The van der Waals surface area contributed by atoms with Crippen molar-refractivity contribution in [3.8, 4) is 0 Å². The van der Waals surface area contributed by atoms with Gasteiger partial charge in [0.05, 0.1) is 0 Å². The lowest BCUT2D eigenvalue weighted by Crippen LogP contribution is -2.50. The van der Waals surface area contributed by atoms with Gasteiger partial charge in [0, 0.05) is 10.6 Å². The maximum absolute atomic E-state index is 12.5. The van der Waals surface area contributed by atoms with Crippen LogP contribution in [-0.4, -0.2) is 46.3 Å². The largest absolute Gasteiger partial charge is 0.480 e. The van der Waals surface area contributed by atoms with Crippen molar-refractivity contribution in [2.45, 2.75) is 51.9 Å². The number of halogens is 1. The van der Waals surface area contributed by atoms with Crippen LogP contribution in [0.2, 0.25) is 5.02 Å². The fourth-order valence-corrected chi connectivity index (χ4v) is 2.33. The van der Waals surface area contributed by atoms with E-state index in [4.69, 9.17) is 26.8 Å². The number of hydrogen-bond acceptors (Lipinski definition) is 6. The van der Waals surface area contributed by atoms with Gasteiger partial charge in [0.25, 0.3) is 0 Å². The van der Waals surface area contributed by atoms with E-state index in [1.165, 1.54) is 0 Å². The van der Waals surface area contributed by atoms with Crippen LogP contribution >= 0.6 is 11.6 Å². The number of imide groups is 1. The van der Waals surface area contributed by atoms with Crippen molar-refractivity contribution in [3.63, 3.8) is 0 Å². The zero-order valence-corrected chi connectivity index (χ0v) is 16.4. The lowest BCUT2D eigenvalue weighted by atomic mass is 10.1. The Kier molecular flexibility index (Phi) is 8.52. The number of ether oxygens (including phenoxy) is 2. The molecule has 0 radical (unpaired) electrons. The summed E-state index contributed by atoms with van der Waals surface area (Å²) in [4.78, 5) is 37.1. The molecule has 0 aliphatic carbocycles. The summed E-state index contributed by atoms with van der Waals surface area (Å²) in [5, 5.41) is 9.86. The molecule has 1 aromatic carbocycles. The molecule has 0 aliphatic heterocycles. The van der Waals surface area contributed by atoms with Crippen molar-refractivity contribution in [3.05, 3.63) is 34.9 Å². The average Bonchev–Trinajstić information content (AvgIpc) is 2.55. The standard InChI is InChI=1S/C18H25ClN2O6/c1-18(2,3)27-17(25)21(14(15(22)23)9-6-10-20)16(24)26-11-12-7-4-5-8-13(12)19/h4-5,7-8,14H,6,9-11,20H2,1-3H3,(H,22,23)/t14-/m1/s1. The second-order valence-corrected chi connectivity index (χ2v) is 7.19. The summed E-state index contributed by atoms with van der Waals surface area (Å²) in [6, 6.07) is 5.24. The molecule has 0 heterocycles. The van der Waals surface area contributed by atoms with Crippen molar-refractivity contribution >= 4 is 29.8 Å². The Hall–Kier alpha value is -2.32. The predicted octanol–water partition coefficient (Wildman–Crippen LogP) is 3.41. The lowest BCUT2D eigenvalue weighted by Gasteiger charge is -2.29. The van der Waals surface area contributed by atoms with Crippen LogP contribution in [0.3, 0.4) is 0 Å². The highest BCUT2D eigenvalue weighted by Crippen LogP contribution is 2.19. The number of rotatable bonds is 7. The number of carbonyl (C=O) groups excluding carboxylic acids is 2. The summed E-state index contributed by atoms with van der Waals surface area (Å²) >= 11 is 6.01. The minimum absolute atomic E-state index is 0.0216. The number of aliphatic carboxylic acids is 1. The monoisotopic (exact) mass is 400 g/mol. The van der Waals surface area contributed by atoms with Crippen LogP contribution in [0.15, 0.2) is 24.3 Å². The van der Waals surface area contributed by atoms with Crippen LogP contribution in [0.25, 0.3) is 0 Å². The molecule has 0 spiro atoms. The number of carboxylic acids is 1. The first-order valence-corrected chi connectivity index (χ1v) is 8.80. The SMILES string of the molecule is CC(C)(C)OC(=O)N(C(=O)OCc1ccccc1Cl)[C@H](CCCN)C(=O)O. The third kappa shape index (κ3) is 7.44. The zero-order valence-electron chi connectivity index (χ0n) is 15.6. The average molecular weight is 401 g/mol. The highest BCUT2D eigenvalue weighted by Gasteiger charge is 2.38.